The Morgan fingerprint density at radius 1 is 1.30 bits per heavy atom. The van der Waals surface area contributed by atoms with Gasteiger partial charge < -0.3 is 0 Å². The normalized spacial score (nSPS) is 9.80. The summed E-state index contributed by atoms with van der Waals surface area (Å²) >= 11 is 1.34. The van der Waals surface area contributed by atoms with Gasteiger partial charge in [-0.1, -0.05) is 37.9 Å². The van der Waals surface area contributed by atoms with Gasteiger partial charge in [-0.05, 0) is 12.7 Å². The Morgan fingerprint density at radius 2 is 2.00 bits per heavy atom. The molecule has 0 aromatic rings. The lowest BCUT2D eigenvalue weighted by Gasteiger charge is -1.95. The van der Waals surface area contributed by atoms with E-state index >= 15 is 0 Å². The summed E-state index contributed by atoms with van der Waals surface area (Å²) in [6.07, 6.45) is 7.41. The summed E-state index contributed by atoms with van der Waals surface area (Å²) in [5, 5.41) is 0.330. The van der Waals surface area contributed by atoms with Crippen LogP contribution < -0.4 is 0 Å². The van der Waals surface area contributed by atoms with Crippen LogP contribution in [0.1, 0.15) is 39.0 Å². The van der Waals surface area contributed by atoms with E-state index in [-0.39, 0.29) is 0 Å². The Morgan fingerprint density at radius 3 is 2.50 bits per heavy atom. The van der Waals surface area contributed by atoms with Gasteiger partial charge in [0.25, 0.3) is 0 Å². The first kappa shape index (κ1) is 10.0. The highest BCUT2D eigenvalue weighted by atomic mass is 32.2. The van der Waals surface area contributed by atoms with Crippen LogP contribution in [0.2, 0.25) is 0 Å². The molecular formula is C8H16OS. The molecule has 0 amide bonds. The van der Waals surface area contributed by atoms with Gasteiger partial charge in [0.05, 0.1) is 0 Å². The minimum absolute atomic E-state index is 0.330. The second kappa shape index (κ2) is 7.13. The van der Waals surface area contributed by atoms with Crippen molar-refractivity contribution in [3.8, 4) is 0 Å². The van der Waals surface area contributed by atoms with Gasteiger partial charge in [0, 0.05) is 6.42 Å². The van der Waals surface area contributed by atoms with E-state index in [1.54, 1.807) is 0 Å². The molecule has 1 nitrogen and oxygen atoms in total. The zero-order chi connectivity index (χ0) is 7.82. The lowest BCUT2D eigenvalue weighted by molar-refractivity contribution is -0.111. The second-order valence-corrected chi connectivity index (χ2v) is 3.25. The van der Waals surface area contributed by atoms with E-state index < -0.39 is 0 Å². The van der Waals surface area contributed by atoms with Gasteiger partial charge in [0.15, 0.2) is 5.12 Å². The van der Waals surface area contributed by atoms with Gasteiger partial charge in [-0.15, -0.1) is 0 Å². The molecule has 0 radical (unpaired) electrons. The van der Waals surface area contributed by atoms with Crippen LogP contribution >= 0.6 is 11.8 Å². The zero-order valence-corrected chi connectivity index (χ0v) is 7.67. The molecule has 0 saturated heterocycles. The molecule has 0 aliphatic rings. The van der Waals surface area contributed by atoms with Gasteiger partial charge in [-0.25, -0.2) is 0 Å². The van der Waals surface area contributed by atoms with Gasteiger partial charge in [0.1, 0.15) is 0 Å². The largest absolute Gasteiger partial charge is 0.287 e. The van der Waals surface area contributed by atoms with E-state index in [4.69, 9.17) is 0 Å². The Labute approximate surface area is 67.6 Å². The van der Waals surface area contributed by atoms with E-state index in [2.05, 4.69) is 6.92 Å². The summed E-state index contributed by atoms with van der Waals surface area (Å²) in [4.78, 5) is 10.7. The Kier molecular flexibility index (Phi) is 7.15. The number of unbranched alkanes of at least 4 members (excludes halogenated alkanes) is 3. The average Bonchev–Trinajstić information content (AvgIpc) is 1.98. The zero-order valence-electron chi connectivity index (χ0n) is 6.85. The third kappa shape index (κ3) is 6.14. The quantitative estimate of drug-likeness (QED) is 0.575. The van der Waals surface area contributed by atoms with E-state index in [0.717, 1.165) is 12.8 Å². The highest BCUT2D eigenvalue weighted by Crippen LogP contribution is 2.07. The van der Waals surface area contributed by atoms with E-state index in [1.807, 2.05) is 6.26 Å². The van der Waals surface area contributed by atoms with E-state index in [0.29, 0.717) is 5.12 Å². The third-order valence-corrected chi connectivity index (χ3v) is 2.12. The molecule has 0 aromatic heterocycles. The fraction of sp³-hybridized carbons (Fsp3) is 0.875. The highest BCUT2D eigenvalue weighted by Gasteiger charge is 1.96. The highest BCUT2D eigenvalue weighted by molar-refractivity contribution is 8.13. The van der Waals surface area contributed by atoms with Crippen molar-refractivity contribution in [2.45, 2.75) is 39.0 Å². The molecule has 2 heteroatoms. The lowest BCUT2D eigenvalue weighted by atomic mass is 10.2. The van der Waals surface area contributed by atoms with Gasteiger partial charge in [-0.2, -0.15) is 0 Å². The molecule has 0 heterocycles. The molecular weight excluding hydrogens is 144 g/mol. The van der Waals surface area contributed by atoms with E-state index in [9.17, 15) is 4.79 Å². The summed E-state index contributed by atoms with van der Waals surface area (Å²) in [6.45, 7) is 2.18. The SMILES string of the molecule is CCCCCCC(=O)SC. The minimum atomic E-state index is 0.330. The van der Waals surface area contributed by atoms with Crippen molar-refractivity contribution >= 4 is 16.9 Å². The van der Waals surface area contributed by atoms with Gasteiger partial charge >= 0.3 is 0 Å². The summed E-state index contributed by atoms with van der Waals surface area (Å²) < 4.78 is 0. The number of rotatable bonds is 5. The van der Waals surface area contributed by atoms with Crippen LogP contribution in [0, 0.1) is 0 Å². The maximum Gasteiger partial charge on any atom is 0.188 e. The van der Waals surface area contributed by atoms with E-state index in [1.165, 1.54) is 31.0 Å². The predicted molar refractivity (Wildman–Crippen MR) is 47.3 cm³/mol. The fourth-order valence-corrected chi connectivity index (χ4v) is 1.15. The van der Waals surface area contributed by atoms with Crippen LogP contribution in [0.3, 0.4) is 0 Å². The fourth-order valence-electron chi connectivity index (χ4n) is 0.798. The van der Waals surface area contributed by atoms with Gasteiger partial charge in [0.2, 0.25) is 0 Å². The Hall–Kier alpha value is 0.0200. The van der Waals surface area contributed by atoms with Gasteiger partial charge in [-0.3, -0.25) is 4.79 Å². The van der Waals surface area contributed by atoms with Crippen molar-refractivity contribution in [3.05, 3.63) is 0 Å². The topological polar surface area (TPSA) is 17.1 Å². The molecule has 0 rings (SSSR count). The molecule has 0 spiro atoms. The summed E-state index contributed by atoms with van der Waals surface area (Å²) in [6, 6.07) is 0. The molecule has 0 bridgehead atoms. The Balaban J connectivity index is 2.96. The number of thioether (sulfide) groups is 1. The molecule has 0 aromatic carbocycles. The summed E-state index contributed by atoms with van der Waals surface area (Å²) in [7, 11) is 0. The van der Waals surface area contributed by atoms with Crippen LogP contribution in [0.15, 0.2) is 0 Å². The standard InChI is InChI=1S/C8H16OS/c1-3-4-5-6-7-8(9)10-2/h3-7H2,1-2H3. The summed E-state index contributed by atoms with van der Waals surface area (Å²) in [5.41, 5.74) is 0. The second-order valence-electron chi connectivity index (χ2n) is 2.39. The predicted octanol–water partition coefficient (Wildman–Crippen LogP) is 2.85. The first-order chi connectivity index (χ1) is 4.81. The minimum Gasteiger partial charge on any atom is -0.287 e. The molecule has 0 unspecified atom stereocenters. The molecule has 0 aliphatic carbocycles. The monoisotopic (exact) mass is 160 g/mol. The first-order valence-corrected chi connectivity index (χ1v) is 5.10. The van der Waals surface area contributed by atoms with Crippen molar-refractivity contribution in [1.82, 2.24) is 0 Å². The summed E-state index contributed by atoms with van der Waals surface area (Å²) in [5.74, 6) is 0. The number of hydrogen-bond acceptors (Lipinski definition) is 2. The van der Waals surface area contributed by atoms with Crippen molar-refractivity contribution in [2.75, 3.05) is 6.26 Å². The maximum atomic E-state index is 10.7. The molecule has 0 atom stereocenters. The molecule has 10 heavy (non-hydrogen) atoms. The number of carbonyl (C=O) groups is 1. The molecule has 60 valence electrons. The van der Waals surface area contributed by atoms with Crippen LogP contribution in [-0.4, -0.2) is 11.4 Å². The Bertz CT molecular complexity index is 91.3. The molecule has 0 aliphatic heterocycles. The van der Waals surface area contributed by atoms with Crippen molar-refractivity contribution in [3.63, 3.8) is 0 Å². The number of hydrogen-bond donors (Lipinski definition) is 0. The van der Waals surface area contributed by atoms with Crippen LogP contribution in [0.4, 0.5) is 0 Å². The molecule has 0 fully saturated rings. The molecule has 0 N–H and O–H groups in total. The first-order valence-electron chi connectivity index (χ1n) is 3.88. The van der Waals surface area contributed by atoms with Crippen molar-refractivity contribution in [1.29, 1.82) is 0 Å². The van der Waals surface area contributed by atoms with Crippen molar-refractivity contribution < 1.29 is 4.79 Å². The van der Waals surface area contributed by atoms with Crippen LogP contribution in [0.25, 0.3) is 0 Å². The lowest BCUT2D eigenvalue weighted by Crippen LogP contribution is -1.89. The van der Waals surface area contributed by atoms with Crippen LogP contribution in [0.5, 0.6) is 0 Å². The van der Waals surface area contributed by atoms with Crippen molar-refractivity contribution in [2.24, 2.45) is 0 Å². The number of carbonyl (C=O) groups excluding carboxylic acids is 1. The maximum absolute atomic E-state index is 10.7. The third-order valence-electron chi connectivity index (χ3n) is 1.46. The van der Waals surface area contributed by atoms with Crippen LogP contribution in [-0.2, 0) is 4.79 Å². The smallest absolute Gasteiger partial charge is 0.188 e. The average molecular weight is 160 g/mol. The molecule has 0 saturated carbocycles.